The highest BCUT2D eigenvalue weighted by atomic mass is 14.2. The molecule has 0 bridgehead atoms. The second-order valence-electron chi connectivity index (χ2n) is 7.49. The Morgan fingerprint density at radius 3 is 2.04 bits per heavy atom. The Hall–Kier alpha value is -2.60. The van der Waals surface area contributed by atoms with Gasteiger partial charge in [0.05, 0.1) is 0 Å². The molecule has 4 rings (SSSR count). The Bertz CT molecular complexity index is 922. The quantitative estimate of drug-likeness (QED) is 0.429. The van der Waals surface area contributed by atoms with E-state index < -0.39 is 0 Å². The third-order valence-electron chi connectivity index (χ3n) is 5.92. The molecule has 0 atom stereocenters. The highest BCUT2D eigenvalue weighted by Gasteiger charge is 2.20. The van der Waals surface area contributed by atoms with Crippen molar-refractivity contribution in [1.29, 1.82) is 0 Å². The molecule has 1 aliphatic carbocycles. The molecule has 3 aromatic carbocycles. The molecule has 0 saturated heterocycles. The van der Waals surface area contributed by atoms with E-state index in [1.165, 1.54) is 58.7 Å². The van der Waals surface area contributed by atoms with Gasteiger partial charge in [-0.3, -0.25) is 0 Å². The smallest absolute Gasteiger partial charge is 0.0162 e. The summed E-state index contributed by atoms with van der Waals surface area (Å²) in [6.07, 6.45) is 9.18. The zero-order chi connectivity index (χ0) is 17.9. The third-order valence-corrected chi connectivity index (χ3v) is 5.92. The van der Waals surface area contributed by atoms with Crippen molar-refractivity contribution in [3.63, 3.8) is 0 Å². The minimum absolute atomic E-state index is 0.717. The van der Waals surface area contributed by atoms with Gasteiger partial charge in [0, 0.05) is 0 Å². The summed E-state index contributed by atoms with van der Waals surface area (Å²) in [4.78, 5) is 0. The molecule has 0 spiro atoms. The molecule has 0 amide bonds. The van der Waals surface area contributed by atoms with E-state index in [2.05, 4.69) is 79.9 Å². The zero-order valence-electron chi connectivity index (χ0n) is 15.3. The molecule has 0 nitrogen and oxygen atoms in total. The summed E-state index contributed by atoms with van der Waals surface area (Å²) in [5.74, 6) is 1.44. The Morgan fingerprint density at radius 1 is 0.692 bits per heavy atom. The van der Waals surface area contributed by atoms with Crippen LogP contribution in [0.4, 0.5) is 0 Å². The summed E-state index contributed by atoms with van der Waals surface area (Å²) in [5.41, 5.74) is 5.24. The van der Waals surface area contributed by atoms with Crippen molar-refractivity contribution in [3.8, 4) is 11.1 Å². The normalized spacial score (nSPS) is 20.0. The summed E-state index contributed by atoms with van der Waals surface area (Å²) in [6, 6.07) is 22.5. The Balaban J connectivity index is 1.56. The second-order valence-corrected chi connectivity index (χ2v) is 7.49. The maximum Gasteiger partial charge on any atom is -0.0162 e. The van der Waals surface area contributed by atoms with E-state index in [0.717, 1.165) is 5.92 Å². The molecule has 1 fully saturated rings. The molecule has 0 radical (unpaired) electrons. The summed E-state index contributed by atoms with van der Waals surface area (Å²) in [5, 5.41) is 2.54. The predicted octanol–water partition coefficient (Wildman–Crippen LogP) is 7.61. The lowest BCUT2D eigenvalue weighted by atomic mass is 9.78. The van der Waals surface area contributed by atoms with E-state index in [0.29, 0.717) is 5.92 Å². The lowest BCUT2D eigenvalue weighted by Gasteiger charge is -2.27. The first kappa shape index (κ1) is 16.8. The third kappa shape index (κ3) is 3.37. The minimum atomic E-state index is 0.717. The van der Waals surface area contributed by atoms with Crippen LogP contribution < -0.4 is 0 Å². The van der Waals surface area contributed by atoms with Crippen molar-refractivity contribution < 1.29 is 0 Å². The lowest BCUT2D eigenvalue weighted by molar-refractivity contribution is 0.376. The van der Waals surface area contributed by atoms with E-state index in [9.17, 15) is 0 Å². The van der Waals surface area contributed by atoms with E-state index in [4.69, 9.17) is 0 Å². The molecule has 0 heteroatoms. The van der Waals surface area contributed by atoms with Crippen molar-refractivity contribution in [2.24, 2.45) is 5.92 Å². The number of benzene rings is 3. The Labute approximate surface area is 156 Å². The number of hydrogen-bond acceptors (Lipinski definition) is 0. The molecule has 26 heavy (non-hydrogen) atoms. The fourth-order valence-electron chi connectivity index (χ4n) is 4.21. The topological polar surface area (TPSA) is 0 Å². The van der Waals surface area contributed by atoms with E-state index in [-0.39, 0.29) is 0 Å². The van der Waals surface area contributed by atoms with Crippen molar-refractivity contribution >= 4 is 16.8 Å². The maximum absolute atomic E-state index is 3.95. The molecule has 0 heterocycles. The van der Waals surface area contributed by atoms with E-state index in [1.807, 2.05) is 6.08 Å². The summed E-state index contributed by atoms with van der Waals surface area (Å²) >= 11 is 0. The van der Waals surface area contributed by atoms with Crippen LogP contribution in [-0.2, 0) is 0 Å². The van der Waals surface area contributed by atoms with Crippen LogP contribution in [0, 0.1) is 5.92 Å². The van der Waals surface area contributed by atoms with Crippen molar-refractivity contribution in [3.05, 3.63) is 91.0 Å². The molecular formula is C26H26. The number of allylic oxidation sites excluding steroid dienone is 1. The summed E-state index contributed by atoms with van der Waals surface area (Å²) in [6.45, 7) is 7.81. The van der Waals surface area contributed by atoms with Gasteiger partial charge in [0.2, 0.25) is 0 Å². The predicted molar refractivity (Wildman–Crippen MR) is 114 cm³/mol. The number of fused-ring (bicyclic) bond motifs is 1. The highest BCUT2D eigenvalue weighted by Crippen LogP contribution is 2.37. The van der Waals surface area contributed by atoms with E-state index >= 15 is 0 Å². The molecule has 0 unspecified atom stereocenters. The van der Waals surface area contributed by atoms with Crippen LogP contribution in [0.3, 0.4) is 0 Å². The molecule has 1 aliphatic rings. The van der Waals surface area contributed by atoms with Crippen LogP contribution >= 0.6 is 0 Å². The van der Waals surface area contributed by atoms with Gasteiger partial charge in [-0.1, -0.05) is 67.3 Å². The van der Waals surface area contributed by atoms with Gasteiger partial charge in [0.1, 0.15) is 0 Å². The molecule has 0 aromatic heterocycles. The number of hydrogen-bond donors (Lipinski definition) is 0. The minimum Gasteiger partial charge on any atom is -0.103 e. The molecule has 3 aromatic rings. The van der Waals surface area contributed by atoms with E-state index in [1.54, 1.807) is 0 Å². The van der Waals surface area contributed by atoms with Gasteiger partial charge in [0.15, 0.2) is 0 Å². The highest BCUT2D eigenvalue weighted by molar-refractivity contribution is 5.88. The molecular weight excluding hydrogens is 312 g/mol. The van der Waals surface area contributed by atoms with Gasteiger partial charge in [-0.15, -0.1) is 6.58 Å². The first-order chi connectivity index (χ1) is 12.8. The molecule has 130 valence electrons. The lowest BCUT2D eigenvalue weighted by Crippen LogP contribution is -2.11. The molecule has 0 N–H and O–H groups in total. The summed E-state index contributed by atoms with van der Waals surface area (Å²) in [7, 11) is 0. The maximum atomic E-state index is 3.95. The van der Waals surface area contributed by atoms with Gasteiger partial charge < -0.3 is 0 Å². The van der Waals surface area contributed by atoms with Crippen molar-refractivity contribution in [1.82, 2.24) is 0 Å². The van der Waals surface area contributed by atoms with Crippen LogP contribution in [-0.4, -0.2) is 0 Å². The molecule has 1 saturated carbocycles. The largest absolute Gasteiger partial charge is 0.103 e. The first-order valence-electron chi connectivity index (χ1n) is 9.66. The molecule has 0 aliphatic heterocycles. The Morgan fingerprint density at radius 2 is 1.35 bits per heavy atom. The first-order valence-corrected chi connectivity index (χ1v) is 9.66. The Kier molecular flexibility index (Phi) is 4.75. The average Bonchev–Trinajstić information content (AvgIpc) is 2.73. The zero-order valence-corrected chi connectivity index (χ0v) is 15.3. The van der Waals surface area contributed by atoms with Gasteiger partial charge >= 0.3 is 0 Å². The van der Waals surface area contributed by atoms with Crippen LogP contribution in [0.1, 0.15) is 42.7 Å². The fraction of sp³-hybridized carbons (Fsp3) is 0.231. The van der Waals surface area contributed by atoms with Gasteiger partial charge in [-0.05, 0) is 82.7 Å². The van der Waals surface area contributed by atoms with Crippen LogP contribution in [0.5, 0.6) is 0 Å². The van der Waals surface area contributed by atoms with Gasteiger partial charge in [-0.25, -0.2) is 0 Å². The van der Waals surface area contributed by atoms with Crippen LogP contribution in [0.25, 0.3) is 28.0 Å². The van der Waals surface area contributed by atoms with Gasteiger partial charge in [0.25, 0.3) is 0 Å². The number of rotatable bonds is 4. The average molecular weight is 338 g/mol. The van der Waals surface area contributed by atoms with Crippen LogP contribution in [0.2, 0.25) is 0 Å². The van der Waals surface area contributed by atoms with Crippen molar-refractivity contribution in [2.45, 2.75) is 31.6 Å². The summed E-state index contributed by atoms with van der Waals surface area (Å²) < 4.78 is 0. The standard InChI is InChI=1S/C26H26/c1-3-19-5-8-21(9-6-19)22-11-13-23(14-12-22)25-16-15-24-17-20(4-2)7-10-26(24)18-25/h3-4,7,10-19,21H,1-2,5-6,8-9H2. The van der Waals surface area contributed by atoms with Crippen molar-refractivity contribution in [2.75, 3.05) is 0 Å². The monoisotopic (exact) mass is 338 g/mol. The van der Waals surface area contributed by atoms with Gasteiger partial charge in [-0.2, -0.15) is 0 Å². The SMILES string of the molecule is C=Cc1ccc2cc(-c3ccc(C4CCC(C=C)CC4)cc3)ccc2c1. The second kappa shape index (κ2) is 7.33. The van der Waals surface area contributed by atoms with Crippen LogP contribution in [0.15, 0.2) is 79.9 Å². The fourth-order valence-corrected chi connectivity index (χ4v) is 4.21.